The second-order valence-corrected chi connectivity index (χ2v) is 4.42. The molecule has 0 aliphatic heterocycles. The molecule has 98 valence electrons. The molecule has 0 amide bonds. The highest BCUT2D eigenvalue weighted by molar-refractivity contribution is 6.30. The molecule has 0 aliphatic rings. The van der Waals surface area contributed by atoms with Crippen molar-refractivity contribution in [2.75, 3.05) is 5.73 Å². The Morgan fingerprint density at radius 1 is 1.26 bits per heavy atom. The van der Waals surface area contributed by atoms with E-state index in [0.29, 0.717) is 5.02 Å². The molecule has 19 heavy (non-hydrogen) atoms. The Morgan fingerprint density at radius 2 is 2.05 bits per heavy atom. The first-order chi connectivity index (χ1) is 9.06. The SMILES string of the molecule is Nc1cc(C(=O)OCc2cccc(Cl)c2)ccc1O. The lowest BCUT2D eigenvalue weighted by Gasteiger charge is -2.06. The van der Waals surface area contributed by atoms with Gasteiger partial charge >= 0.3 is 5.97 Å². The fraction of sp³-hybridized carbons (Fsp3) is 0.0714. The van der Waals surface area contributed by atoms with Crippen molar-refractivity contribution in [3.8, 4) is 5.75 Å². The third-order valence-electron chi connectivity index (χ3n) is 2.52. The standard InChI is InChI=1S/C14H12ClNO3/c15-11-3-1-2-9(6-11)8-19-14(18)10-4-5-13(17)12(16)7-10/h1-7,17H,8,16H2. The van der Waals surface area contributed by atoms with E-state index in [4.69, 9.17) is 22.1 Å². The number of phenolic OH excluding ortho intramolecular Hbond substituents is 1. The van der Waals surface area contributed by atoms with Gasteiger partial charge in [-0.05, 0) is 35.9 Å². The number of ether oxygens (including phenoxy) is 1. The first-order valence-corrected chi connectivity index (χ1v) is 5.94. The van der Waals surface area contributed by atoms with Gasteiger partial charge in [-0.15, -0.1) is 0 Å². The van der Waals surface area contributed by atoms with Crippen LogP contribution in [0.15, 0.2) is 42.5 Å². The molecule has 0 atom stereocenters. The van der Waals surface area contributed by atoms with Crippen LogP contribution in [0.5, 0.6) is 5.75 Å². The quantitative estimate of drug-likeness (QED) is 0.514. The summed E-state index contributed by atoms with van der Waals surface area (Å²) in [5, 5.41) is 9.86. The third kappa shape index (κ3) is 3.39. The van der Waals surface area contributed by atoms with Crippen LogP contribution in [0.3, 0.4) is 0 Å². The number of rotatable bonds is 3. The van der Waals surface area contributed by atoms with Crippen molar-refractivity contribution in [2.24, 2.45) is 0 Å². The number of carbonyl (C=O) groups excluding carboxylic acids is 1. The van der Waals surface area contributed by atoms with Crippen molar-refractivity contribution in [2.45, 2.75) is 6.61 Å². The van der Waals surface area contributed by atoms with E-state index in [0.717, 1.165) is 5.56 Å². The molecule has 0 aromatic heterocycles. The Kier molecular flexibility index (Phi) is 3.92. The van der Waals surface area contributed by atoms with Gasteiger partial charge in [-0.1, -0.05) is 23.7 Å². The van der Waals surface area contributed by atoms with Crippen molar-refractivity contribution in [1.82, 2.24) is 0 Å². The van der Waals surface area contributed by atoms with Crippen LogP contribution in [0.1, 0.15) is 15.9 Å². The summed E-state index contributed by atoms with van der Waals surface area (Å²) in [5.41, 5.74) is 6.73. The van der Waals surface area contributed by atoms with Gasteiger partial charge in [0.15, 0.2) is 0 Å². The van der Waals surface area contributed by atoms with Crippen LogP contribution >= 0.6 is 11.6 Å². The molecule has 3 N–H and O–H groups in total. The molecule has 2 rings (SSSR count). The predicted octanol–water partition coefficient (Wildman–Crippen LogP) is 2.98. The van der Waals surface area contributed by atoms with Gasteiger partial charge in [0, 0.05) is 5.02 Å². The van der Waals surface area contributed by atoms with Gasteiger partial charge in [0.1, 0.15) is 12.4 Å². The Balaban J connectivity index is 2.03. The van der Waals surface area contributed by atoms with Crippen molar-refractivity contribution in [1.29, 1.82) is 0 Å². The van der Waals surface area contributed by atoms with E-state index < -0.39 is 5.97 Å². The lowest BCUT2D eigenvalue weighted by atomic mass is 10.2. The van der Waals surface area contributed by atoms with Gasteiger partial charge < -0.3 is 15.6 Å². The van der Waals surface area contributed by atoms with Crippen molar-refractivity contribution in [3.63, 3.8) is 0 Å². The van der Waals surface area contributed by atoms with E-state index in [1.807, 2.05) is 6.07 Å². The maximum Gasteiger partial charge on any atom is 0.338 e. The fourth-order valence-electron chi connectivity index (χ4n) is 1.54. The molecule has 0 saturated heterocycles. The minimum atomic E-state index is -0.508. The smallest absolute Gasteiger partial charge is 0.338 e. The number of hydrogen-bond acceptors (Lipinski definition) is 4. The van der Waals surface area contributed by atoms with E-state index >= 15 is 0 Å². The Labute approximate surface area is 115 Å². The fourth-order valence-corrected chi connectivity index (χ4v) is 1.75. The minimum Gasteiger partial charge on any atom is -0.506 e. The highest BCUT2D eigenvalue weighted by atomic mass is 35.5. The average molecular weight is 278 g/mol. The van der Waals surface area contributed by atoms with Gasteiger partial charge in [-0.25, -0.2) is 4.79 Å². The van der Waals surface area contributed by atoms with E-state index in [1.165, 1.54) is 18.2 Å². The van der Waals surface area contributed by atoms with Crippen LogP contribution in [0.4, 0.5) is 5.69 Å². The maximum atomic E-state index is 11.8. The average Bonchev–Trinajstić information content (AvgIpc) is 2.39. The second-order valence-electron chi connectivity index (χ2n) is 3.98. The largest absolute Gasteiger partial charge is 0.506 e. The van der Waals surface area contributed by atoms with E-state index in [-0.39, 0.29) is 23.6 Å². The zero-order chi connectivity index (χ0) is 13.8. The normalized spacial score (nSPS) is 10.2. The van der Waals surface area contributed by atoms with Gasteiger partial charge in [0.25, 0.3) is 0 Å². The van der Waals surface area contributed by atoms with Crippen LogP contribution in [0.25, 0.3) is 0 Å². The highest BCUT2D eigenvalue weighted by Gasteiger charge is 2.09. The van der Waals surface area contributed by atoms with Crippen molar-refractivity contribution in [3.05, 3.63) is 58.6 Å². The van der Waals surface area contributed by atoms with Gasteiger partial charge in [-0.2, -0.15) is 0 Å². The number of nitrogen functional groups attached to an aromatic ring is 1. The summed E-state index contributed by atoms with van der Waals surface area (Å²) >= 11 is 5.83. The summed E-state index contributed by atoms with van der Waals surface area (Å²) in [4.78, 5) is 11.8. The highest BCUT2D eigenvalue weighted by Crippen LogP contribution is 2.21. The third-order valence-corrected chi connectivity index (χ3v) is 2.76. The van der Waals surface area contributed by atoms with Crippen LogP contribution in [-0.4, -0.2) is 11.1 Å². The molecule has 0 aliphatic carbocycles. The molecule has 0 saturated carbocycles. The molecule has 0 spiro atoms. The van der Waals surface area contributed by atoms with Gasteiger partial charge in [0.2, 0.25) is 0 Å². The summed E-state index contributed by atoms with van der Waals surface area (Å²) in [6.45, 7) is 0.125. The molecule has 0 bridgehead atoms. The molecule has 5 heteroatoms. The molecule has 0 heterocycles. The number of nitrogens with two attached hydrogens (primary N) is 1. The van der Waals surface area contributed by atoms with Crippen LogP contribution < -0.4 is 5.73 Å². The van der Waals surface area contributed by atoms with Gasteiger partial charge in [0.05, 0.1) is 11.3 Å². The van der Waals surface area contributed by atoms with E-state index in [1.54, 1.807) is 18.2 Å². The zero-order valence-corrected chi connectivity index (χ0v) is 10.7. The molecule has 2 aromatic carbocycles. The van der Waals surface area contributed by atoms with Crippen LogP contribution in [0, 0.1) is 0 Å². The molecule has 0 unspecified atom stereocenters. The number of phenols is 1. The minimum absolute atomic E-state index is 0.0635. The van der Waals surface area contributed by atoms with Crippen molar-refractivity contribution < 1.29 is 14.6 Å². The summed E-state index contributed by atoms with van der Waals surface area (Å²) < 4.78 is 5.13. The lowest BCUT2D eigenvalue weighted by molar-refractivity contribution is 0.0473. The second kappa shape index (κ2) is 5.63. The zero-order valence-electron chi connectivity index (χ0n) is 9.97. The molecule has 4 nitrogen and oxygen atoms in total. The summed E-state index contributed by atoms with van der Waals surface area (Å²) in [6, 6.07) is 11.2. The van der Waals surface area contributed by atoms with E-state index in [9.17, 15) is 9.90 Å². The van der Waals surface area contributed by atoms with Crippen LogP contribution in [-0.2, 0) is 11.3 Å². The van der Waals surface area contributed by atoms with Gasteiger partial charge in [-0.3, -0.25) is 0 Å². The number of hydrogen-bond donors (Lipinski definition) is 2. The first kappa shape index (κ1) is 13.2. The Hall–Kier alpha value is -2.20. The number of anilines is 1. The first-order valence-electron chi connectivity index (χ1n) is 5.56. The monoisotopic (exact) mass is 277 g/mol. The summed E-state index contributed by atoms with van der Waals surface area (Å²) in [5.74, 6) is -0.571. The molecule has 0 radical (unpaired) electrons. The number of aromatic hydroxyl groups is 1. The molecule has 0 fully saturated rings. The number of esters is 1. The maximum absolute atomic E-state index is 11.8. The van der Waals surface area contributed by atoms with E-state index in [2.05, 4.69) is 0 Å². The number of carbonyl (C=O) groups is 1. The Morgan fingerprint density at radius 3 is 2.74 bits per heavy atom. The summed E-state index contributed by atoms with van der Waals surface area (Å²) in [6.07, 6.45) is 0. The predicted molar refractivity (Wildman–Crippen MR) is 73.1 cm³/mol. The lowest BCUT2D eigenvalue weighted by Crippen LogP contribution is -2.05. The number of halogens is 1. The van der Waals surface area contributed by atoms with Crippen LogP contribution in [0.2, 0.25) is 5.02 Å². The summed E-state index contributed by atoms with van der Waals surface area (Å²) in [7, 11) is 0. The molecular weight excluding hydrogens is 266 g/mol. The van der Waals surface area contributed by atoms with Crippen molar-refractivity contribution >= 4 is 23.3 Å². The topological polar surface area (TPSA) is 72.6 Å². The molecular formula is C14H12ClNO3. The number of benzene rings is 2. The molecule has 2 aromatic rings. The Bertz CT molecular complexity index is 613.